The van der Waals surface area contributed by atoms with Gasteiger partial charge in [-0.2, -0.15) is 0 Å². The van der Waals surface area contributed by atoms with Crippen LogP contribution in [0.2, 0.25) is 0 Å². The normalized spacial score (nSPS) is 10.4. The maximum Gasteiger partial charge on any atom is 0.0273 e. The van der Waals surface area contributed by atoms with E-state index in [1.807, 2.05) is 64.1 Å². The fraction of sp³-hybridized carbons (Fsp3) is 0.154. The largest absolute Gasteiger partial charge is 0.265 e. The zero-order chi connectivity index (χ0) is 20.5. The molecular formula is C26H30N2. The lowest BCUT2D eigenvalue weighted by molar-refractivity contribution is 1.32. The van der Waals surface area contributed by atoms with Gasteiger partial charge >= 0.3 is 0 Å². The van der Waals surface area contributed by atoms with Gasteiger partial charge in [-0.1, -0.05) is 74.6 Å². The van der Waals surface area contributed by atoms with Crippen molar-refractivity contribution in [1.82, 2.24) is 9.97 Å². The van der Waals surface area contributed by atoms with E-state index in [0.29, 0.717) is 0 Å². The van der Waals surface area contributed by atoms with Crippen LogP contribution in [-0.4, -0.2) is 9.97 Å². The van der Waals surface area contributed by atoms with Gasteiger partial charge in [-0.25, -0.2) is 0 Å². The van der Waals surface area contributed by atoms with Crippen LogP contribution in [0, 0.1) is 0 Å². The number of benzene rings is 1. The van der Waals surface area contributed by atoms with E-state index in [2.05, 4.69) is 58.5 Å². The molecule has 0 radical (unpaired) electrons. The Hall–Kier alpha value is -3.26. The van der Waals surface area contributed by atoms with E-state index >= 15 is 0 Å². The van der Waals surface area contributed by atoms with E-state index in [-0.39, 0.29) is 0 Å². The van der Waals surface area contributed by atoms with Gasteiger partial charge in [0.05, 0.1) is 0 Å². The van der Waals surface area contributed by atoms with Crippen molar-refractivity contribution in [3.63, 3.8) is 0 Å². The number of hydrogen-bond donors (Lipinski definition) is 0. The lowest BCUT2D eigenvalue weighted by Gasteiger charge is -1.97. The van der Waals surface area contributed by atoms with Crippen LogP contribution in [0.1, 0.15) is 49.9 Å². The standard InChI is InChI=1S/C20H16N2.C4H8.C2H6/c1-2-18(6-8-20-11-15-22-16-12-20)4-3-17(1)5-7-19-9-13-21-14-10-19;1-3-4-2;1-2/h1-16H;3-4H,1-2H3;1-2H3/b7-5+,8-6+;4-3-;. The lowest BCUT2D eigenvalue weighted by atomic mass is 10.1. The van der Waals surface area contributed by atoms with Gasteiger partial charge in [0, 0.05) is 24.8 Å². The first-order valence-corrected chi connectivity index (χ1v) is 9.65. The summed E-state index contributed by atoms with van der Waals surface area (Å²) in [5, 5.41) is 0. The molecule has 0 aliphatic rings. The molecule has 0 aliphatic carbocycles. The molecule has 3 rings (SSSR count). The van der Waals surface area contributed by atoms with Crippen molar-refractivity contribution < 1.29 is 0 Å². The summed E-state index contributed by atoms with van der Waals surface area (Å²) in [5.41, 5.74) is 4.66. The zero-order valence-electron chi connectivity index (χ0n) is 17.3. The van der Waals surface area contributed by atoms with Crippen LogP contribution in [0.4, 0.5) is 0 Å². The summed E-state index contributed by atoms with van der Waals surface area (Å²) in [6, 6.07) is 16.4. The summed E-state index contributed by atoms with van der Waals surface area (Å²) >= 11 is 0. The molecule has 0 aliphatic heterocycles. The number of rotatable bonds is 4. The third-order valence-electron chi connectivity index (χ3n) is 3.62. The molecule has 1 aromatic carbocycles. The second-order valence-corrected chi connectivity index (χ2v) is 5.56. The Kier molecular flexibility index (Phi) is 12.1. The van der Waals surface area contributed by atoms with Crippen LogP contribution in [0.25, 0.3) is 24.3 Å². The van der Waals surface area contributed by atoms with Gasteiger partial charge in [0.2, 0.25) is 0 Å². The monoisotopic (exact) mass is 370 g/mol. The number of allylic oxidation sites excluding steroid dienone is 2. The zero-order valence-corrected chi connectivity index (χ0v) is 17.3. The van der Waals surface area contributed by atoms with Crippen LogP contribution < -0.4 is 0 Å². The molecule has 2 nitrogen and oxygen atoms in total. The minimum Gasteiger partial charge on any atom is -0.265 e. The molecule has 2 aromatic heterocycles. The summed E-state index contributed by atoms with van der Waals surface area (Å²) < 4.78 is 0. The predicted octanol–water partition coefficient (Wildman–Crippen LogP) is 7.43. The van der Waals surface area contributed by atoms with Gasteiger partial charge in [0.1, 0.15) is 0 Å². The SMILES string of the molecule is C(=C\c1ccc(/C=C/c2ccncc2)cc1)/c1ccncc1.C/C=C\C.CC. The molecule has 0 N–H and O–H groups in total. The summed E-state index contributed by atoms with van der Waals surface area (Å²) in [6.07, 6.45) is 19.6. The average Bonchev–Trinajstić information content (AvgIpc) is 2.80. The van der Waals surface area contributed by atoms with Crippen molar-refractivity contribution in [2.75, 3.05) is 0 Å². The Morgan fingerprint density at radius 1 is 0.464 bits per heavy atom. The molecule has 0 fully saturated rings. The Morgan fingerprint density at radius 2 is 0.714 bits per heavy atom. The minimum absolute atomic E-state index is 1.15. The molecule has 0 amide bonds. The highest BCUT2D eigenvalue weighted by Gasteiger charge is 1.90. The van der Waals surface area contributed by atoms with Crippen LogP contribution in [0.15, 0.2) is 85.5 Å². The minimum atomic E-state index is 1.15. The van der Waals surface area contributed by atoms with Crippen LogP contribution in [-0.2, 0) is 0 Å². The first-order chi connectivity index (χ1) is 13.8. The molecule has 3 aromatic rings. The number of aromatic nitrogens is 2. The number of pyridine rings is 2. The number of nitrogens with zero attached hydrogens (tertiary/aromatic N) is 2. The molecule has 2 heterocycles. The van der Waals surface area contributed by atoms with E-state index in [4.69, 9.17) is 0 Å². The second-order valence-electron chi connectivity index (χ2n) is 5.56. The first-order valence-electron chi connectivity index (χ1n) is 9.65. The van der Waals surface area contributed by atoms with Gasteiger partial charge in [-0.15, -0.1) is 0 Å². The average molecular weight is 371 g/mol. The molecule has 2 heteroatoms. The summed E-state index contributed by atoms with van der Waals surface area (Å²) in [7, 11) is 0. The molecule has 0 saturated carbocycles. The van der Waals surface area contributed by atoms with Gasteiger partial charge < -0.3 is 0 Å². The Labute approximate surface area is 170 Å². The molecule has 0 atom stereocenters. The summed E-state index contributed by atoms with van der Waals surface area (Å²) in [6.45, 7) is 8.00. The molecular weight excluding hydrogens is 340 g/mol. The first kappa shape index (κ1) is 22.8. The van der Waals surface area contributed by atoms with Gasteiger partial charge in [0.25, 0.3) is 0 Å². The van der Waals surface area contributed by atoms with E-state index in [1.165, 1.54) is 11.1 Å². The topological polar surface area (TPSA) is 25.8 Å². The third kappa shape index (κ3) is 9.44. The van der Waals surface area contributed by atoms with Crippen molar-refractivity contribution in [2.45, 2.75) is 27.7 Å². The highest BCUT2D eigenvalue weighted by Crippen LogP contribution is 2.12. The highest BCUT2D eigenvalue weighted by atomic mass is 14.6. The third-order valence-corrected chi connectivity index (χ3v) is 3.62. The van der Waals surface area contributed by atoms with E-state index in [1.54, 1.807) is 24.8 Å². The summed E-state index contributed by atoms with van der Waals surface area (Å²) in [5.74, 6) is 0. The van der Waals surface area contributed by atoms with Crippen LogP contribution in [0.5, 0.6) is 0 Å². The quantitative estimate of drug-likeness (QED) is 0.446. The lowest BCUT2D eigenvalue weighted by Crippen LogP contribution is -1.76. The Balaban J connectivity index is 0.000000583. The molecule has 28 heavy (non-hydrogen) atoms. The van der Waals surface area contributed by atoms with Crippen molar-refractivity contribution in [2.24, 2.45) is 0 Å². The van der Waals surface area contributed by atoms with E-state index < -0.39 is 0 Å². The van der Waals surface area contributed by atoms with Gasteiger partial charge in [-0.3, -0.25) is 9.97 Å². The fourth-order valence-corrected chi connectivity index (χ4v) is 2.05. The molecule has 0 bridgehead atoms. The molecule has 0 saturated heterocycles. The Morgan fingerprint density at radius 3 is 0.964 bits per heavy atom. The maximum absolute atomic E-state index is 4.01. The maximum atomic E-state index is 4.01. The van der Waals surface area contributed by atoms with Crippen LogP contribution in [0.3, 0.4) is 0 Å². The molecule has 0 spiro atoms. The molecule has 0 unspecified atom stereocenters. The number of hydrogen-bond acceptors (Lipinski definition) is 2. The van der Waals surface area contributed by atoms with Crippen LogP contribution >= 0.6 is 0 Å². The van der Waals surface area contributed by atoms with Gasteiger partial charge in [-0.05, 0) is 60.4 Å². The predicted molar refractivity (Wildman–Crippen MR) is 125 cm³/mol. The van der Waals surface area contributed by atoms with Gasteiger partial charge in [0.15, 0.2) is 0 Å². The van der Waals surface area contributed by atoms with E-state index in [0.717, 1.165) is 11.1 Å². The van der Waals surface area contributed by atoms with Crippen molar-refractivity contribution in [3.05, 3.63) is 108 Å². The van der Waals surface area contributed by atoms with Crippen molar-refractivity contribution in [3.8, 4) is 0 Å². The van der Waals surface area contributed by atoms with Crippen molar-refractivity contribution in [1.29, 1.82) is 0 Å². The summed E-state index contributed by atoms with van der Waals surface area (Å²) in [4.78, 5) is 8.02. The van der Waals surface area contributed by atoms with E-state index in [9.17, 15) is 0 Å². The highest BCUT2D eigenvalue weighted by molar-refractivity contribution is 5.72. The molecule has 144 valence electrons. The fourth-order valence-electron chi connectivity index (χ4n) is 2.05. The Bertz CT molecular complexity index is 758. The van der Waals surface area contributed by atoms with Crippen molar-refractivity contribution >= 4 is 24.3 Å². The second kappa shape index (κ2) is 14.9. The smallest absolute Gasteiger partial charge is 0.0273 e.